The molecule has 0 aliphatic heterocycles. The molecule has 0 aliphatic carbocycles. The number of methoxy groups -OCH3 is 1. The number of nitrogens with one attached hydrogen (secondary N) is 2. The van der Waals surface area contributed by atoms with Gasteiger partial charge in [0.2, 0.25) is 0 Å². The third kappa shape index (κ3) is 7.65. The van der Waals surface area contributed by atoms with E-state index in [0.717, 1.165) is 37.6 Å². The normalized spacial score (nSPS) is 13.0. The smallest absolute Gasteiger partial charge is 0.191 e. The average Bonchev–Trinajstić information content (AvgIpc) is 2.59. The van der Waals surface area contributed by atoms with Crippen LogP contribution < -0.4 is 15.4 Å². The summed E-state index contributed by atoms with van der Waals surface area (Å²) in [4.78, 5) is 4.55. The van der Waals surface area contributed by atoms with E-state index < -0.39 is 0 Å². The molecule has 1 atom stereocenters. The molecule has 0 aliphatic rings. The van der Waals surface area contributed by atoms with Gasteiger partial charge in [0.1, 0.15) is 11.5 Å². The molecule has 0 aromatic heterocycles. The van der Waals surface area contributed by atoms with Crippen molar-refractivity contribution >= 4 is 5.96 Å². The minimum atomic E-state index is 0.219. The van der Waals surface area contributed by atoms with Crippen LogP contribution in [0, 0.1) is 5.92 Å². The largest absolute Gasteiger partial charge is 0.508 e. The van der Waals surface area contributed by atoms with Gasteiger partial charge < -0.3 is 25.2 Å². The second kappa shape index (κ2) is 11.6. The van der Waals surface area contributed by atoms with E-state index in [-0.39, 0.29) is 11.9 Å². The van der Waals surface area contributed by atoms with Gasteiger partial charge in [-0.15, -0.1) is 0 Å². The van der Waals surface area contributed by atoms with Crippen LogP contribution in [0.25, 0.3) is 0 Å². The molecule has 25 heavy (non-hydrogen) atoms. The summed E-state index contributed by atoms with van der Waals surface area (Å²) in [7, 11) is 1.61. The van der Waals surface area contributed by atoms with E-state index in [1.165, 1.54) is 0 Å². The van der Waals surface area contributed by atoms with Crippen LogP contribution in [0.3, 0.4) is 0 Å². The summed E-state index contributed by atoms with van der Waals surface area (Å²) < 4.78 is 11.0. The third-order valence-corrected chi connectivity index (χ3v) is 3.88. The fraction of sp³-hybridized carbons (Fsp3) is 0.632. The maximum Gasteiger partial charge on any atom is 0.191 e. The van der Waals surface area contributed by atoms with E-state index in [9.17, 15) is 5.11 Å². The Labute approximate surface area is 151 Å². The Kier molecular flexibility index (Phi) is 9.77. The molecule has 0 radical (unpaired) electrons. The third-order valence-electron chi connectivity index (χ3n) is 3.88. The molecule has 1 aromatic rings. The van der Waals surface area contributed by atoms with E-state index in [4.69, 9.17) is 9.47 Å². The quantitative estimate of drug-likeness (QED) is 0.446. The molecule has 0 fully saturated rings. The fourth-order valence-corrected chi connectivity index (χ4v) is 2.48. The van der Waals surface area contributed by atoms with E-state index in [1.807, 2.05) is 13.8 Å². The van der Waals surface area contributed by atoms with Crippen LogP contribution in [0.5, 0.6) is 11.5 Å². The number of aromatic hydroxyl groups is 1. The molecule has 6 nitrogen and oxygen atoms in total. The lowest BCUT2D eigenvalue weighted by Gasteiger charge is -2.21. The minimum Gasteiger partial charge on any atom is -0.508 e. The molecule has 0 heterocycles. The van der Waals surface area contributed by atoms with Crippen LogP contribution in [0.4, 0.5) is 0 Å². The lowest BCUT2D eigenvalue weighted by molar-refractivity contribution is 0.0258. The summed E-state index contributed by atoms with van der Waals surface area (Å²) in [6, 6.07) is 5.15. The summed E-state index contributed by atoms with van der Waals surface area (Å²) in [5.41, 5.74) is 0.728. The summed E-state index contributed by atoms with van der Waals surface area (Å²) in [5, 5.41) is 16.5. The molecule has 1 rings (SSSR count). The highest BCUT2D eigenvalue weighted by Crippen LogP contribution is 2.23. The van der Waals surface area contributed by atoms with Crippen molar-refractivity contribution in [2.75, 3.05) is 26.8 Å². The predicted octanol–water partition coefficient (Wildman–Crippen LogP) is 2.91. The SMILES string of the molecule is CCNC(=NCc1cc(OC)ccc1O)NCCC(OCC)C(C)C. The molecular weight excluding hydrogens is 318 g/mol. The molecule has 3 N–H and O–H groups in total. The Bertz CT molecular complexity index is 533. The molecule has 0 spiro atoms. The second-order valence-corrected chi connectivity index (χ2v) is 6.14. The number of nitrogens with zero attached hydrogens (tertiary/aromatic N) is 1. The zero-order valence-corrected chi connectivity index (χ0v) is 16.1. The van der Waals surface area contributed by atoms with Crippen molar-refractivity contribution < 1.29 is 14.6 Å². The van der Waals surface area contributed by atoms with E-state index in [2.05, 4.69) is 29.5 Å². The van der Waals surface area contributed by atoms with Crippen molar-refractivity contribution in [3.05, 3.63) is 23.8 Å². The predicted molar refractivity (Wildman–Crippen MR) is 102 cm³/mol. The van der Waals surface area contributed by atoms with Crippen LogP contribution in [-0.2, 0) is 11.3 Å². The molecular formula is C19H33N3O3. The Hall–Kier alpha value is -1.95. The van der Waals surface area contributed by atoms with Gasteiger partial charge in [-0.05, 0) is 44.4 Å². The molecule has 142 valence electrons. The Morgan fingerprint density at radius 1 is 1.24 bits per heavy atom. The van der Waals surface area contributed by atoms with Crippen LogP contribution >= 0.6 is 0 Å². The molecule has 0 saturated carbocycles. The van der Waals surface area contributed by atoms with Crippen molar-refractivity contribution in [1.29, 1.82) is 0 Å². The lowest BCUT2D eigenvalue weighted by Crippen LogP contribution is -2.39. The maximum atomic E-state index is 9.96. The topological polar surface area (TPSA) is 75.1 Å². The second-order valence-electron chi connectivity index (χ2n) is 6.14. The Morgan fingerprint density at radius 2 is 2.00 bits per heavy atom. The molecule has 1 unspecified atom stereocenters. The molecule has 6 heteroatoms. The summed E-state index contributed by atoms with van der Waals surface area (Å²) in [5.74, 6) is 2.13. The van der Waals surface area contributed by atoms with Gasteiger partial charge in [0.25, 0.3) is 0 Å². The number of guanidine groups is 1. The van der Waals surface area contributed by atoms with Gasteiger partial charge in [-0.1, -0.05) is 13.8 Å². The number of ether oxygens (including phenoxy) is 2. The number of benzene rings is 1. The van der Waals surface area contributed by atoms with Crippen molar-refractivity contribution in [3.63, 3.8) is 0 Å². The van der Waals surface area contributed by atoms with Crippen LogP contribution in [-0.4, -0.2) is 44.0 Å². The monoisotopic (exact) mass is 351 g/mol. The highest BCUT2D eigenvalue weighted by Gasteiger charge is 2.13. The molecule has 1 aromatic carbocycles. The average molecular weight is 351 g/mol. The van der Waals surface area contributed by atoms with Gasteiger partial charge in [-0.2, -0.15) is 0 Å². The maximum absolute atomic E-state index is 9.96. The first-order chi connectivity index (χ1) is 12.0. The van der Waals surface area contributed by atoms with E-state index in [1.54, 1.807) is 25.3 Å². The zero-order chi connectivity index (χ0) is 18.7. The number of phenols is 1. The Balaban J connectivity index is 2.65. The number of hydrogen-bond donors (Lipinski definition) is 3. The first kappa shape index (κ1) is 21.1. The van der Waals surface area contributed by atoms with E-state index >= 15 is 0 Å². The standard InChI is InChI=1S/C19H33N3O3/c1-6-20-19(21-11-10-18(14(3)4)25-7-2)22-13-15-12-16(24-5)8-9-17(15)23/h8-9,12,14,18,23H,6-7,10-11,13H2,1-5H3,(H2,20,21,22). The zero-order valence-electron chi connectivity index (χ0n) is 16.1. The van der Waals surface area contributed by atoms with Crippen molar-refractivity contribution in [3.8, 4) is 11.5 Å². The van der Waals surface area contributed by atoms with Crippen LogP contribution in [0.1, 0.15) is 39.7 Å². The number of hydrogen-bond acceptors (Lipinski definition) is 4. The van der Waals surface area contributed by atoms with Crippen molar-refractivity contribution in [2.24, 2.45) is 10.9 Å². The first-order valence-electron chi connectivity index (χ1n) is 9.01. The van der Waals surface area contributed by atoms with E-state index in [0.29, 0.717) is 18.2 Å². The van der Waals surface area contributed by atoms with Gasteiger partial charge in [0.05, 0.1) is 19.8 Å². The first-order valence-corrected chi connectivity index (χ1v) is 9.01. The van der Waals surface area contributed by atoms with Crippen LogP contribution in [0.2, 0.25) is 0 Å². The highest BCUT2D eigenvalue weighted by molar-refractivity contribution is 5.79. The molecule has 0 amide bonds. The van der Waals surface area contributed by atoms with Crippen molar-refractivity contribution in [2.45, 2.75) is 46.8 Å². The van der Waals surface area contributed by atoms with Crippen molar-refractivity contribution in [1.82, 2.24) is 10.6 Å². The van der Waals surface area contributed by atoms with Gasteiger partial charge in [0.15, 0.2) is 5.96 Å². The Morgan fingerprint density at radius 3 is 2.60 bits per heavy atom. The molecule has 0 saturated heterocycles. The number of aliphatic imine (C=N–C) groups is 1. The number of rotatable bonds is 10. The number of phenolic OH excluding ortho intramolecular Hbond substituents is 1. The van der Waals surface area contributed by atoms with Crippen LogP contribution in [0.15, 0.2) is 23.2 Å². The highest BCUT2D eigenvalue weighted by atomic mass is 16.5. The van der Waals surface area contributed by atoms with Gasteiger partial charge >= 0.3 is 0 Å². The molecule has 0 bridgehead atoms. The van der Waals surface area contributed by atoms with Gasteiger partial charge in [0, 0.05) is 25.3 Å². The van der Waals surface area contributed by atoms with Gasteiger partial charge in [-0.3, -0.25) is 0 Å². The summed E-state index contributed by atoms with van der Waals surface area (Å²) in [6.07, 6.45) is 1.16. The summed E-state index contributed by atoms with van der Waals surface area (Å²) in [6.45, 7) is 11.0. The minimum absolute atomic E-state index is 0.219. The fourth-order valence-electron chi connectivity index (χ4n) is 2.48. The summed E-state index contributed by atoms with van der Waals surface area (Å²) >= 11 is 0. The lowest BCUT2D eigenvalue weighted by atomic mass is 10.0. The van der Waals surface area contributed by atoms with Gasteiger partial charge in [-0.25, -0.2) is 4.99 Å².